The Hall–Kier alpha value is -1.60. The molecule has 0 saturated carbocycles. The molecule has 2 heterocycles. The molecule has 1 aromatic carbocycles. The van der Waals surface area contributed by atoms with Gasteiger partial charge in [-0.1, -0.05) is 19.9 Å². The van der Waals surface area contributed by atoms with E-state index in [-0.39, 0.29) is 11.2 Å². The van der Waals surface area contributed by atoms with Gasteiger partial charge in [0.1, 0.15) is 10.7 Å². The van der Waals surface area contributed by atoms with Crippen molar-refractivity contribution in [2.24, 2.45) is 5.41 Å². The number of ether oxygens (including phenoxy) is 1. The molecule has 1 fully saturated rings. The molecule has 2 aromatic rings. The summed E-state index contributed by atoms with van der Waals surface area (Å²) in [4.78, 5) is 4.24. The smallest absolute Gasteiger partial charge is 0.339 e. The Morgan fingerprint density at radius 1 is 1.36 bits per heavy atom. The number of aryl methyl sites for hydroxylation is 2. The summed E-state index contributed by atoms with van der Waals surface area (Å²) in [5, 5.41) is 15.3. The molecular weight excluding hydrogens is 399 g/mol. The van der Waals surface area contributed by atoms with Crippen molar-refractivity contribution in [2.75, 3.05) is 32.2 Å². The highest BCUT2D eigenvalue weighted by Gasteiger charge is 2.44. The number of hydrogen-bond donors (Lipinski definition) is 2. The van der Waals surface area contributed by atoms with Crippen LogP contribution in [0.15, 0.2) is 18.3 Å². The minimum Gasteiger partial charge on any atom is -0.504 e. The third-order valence-electron chi connectivity index (χ3n) is 4.64. The highest BCUT2D eigenvalue weighted by Crippen LogP contribution is 2.64. The Bertz CT molecular complexity index is 884. The van der Waals surface area contributed by atoms with Crippen LogP contribution in [0.25, 0.3) is 0 Å². The van der Waals surface area contributed by atoms with Crippen molar-refractivity contribution in [3.8, 4) is 11.5 Å². The van der Waals surface area contributed by atoms with Crippen LogP contribution in [0.2, 0.25) is 0 Å². The van der Waals surface area contributed by atoms with Gasteiger partial charge in [0.05, 0.1) is 31.5 Å². The summed E-state index contributed by atoms with van der Waals surface area (Å²) in [6.45, 7) is 8.78. The number of thiazole rings is 1. The van der Waals surface area contributed by atoms with Crippen LogP contribution >= 0.6 is 18.9 Å². The topological polar surface area (TPSA) is 89.9 Å². The average molecular weight is 426 g/mol. The molecule has 0 amide bonds. The summed E-state index contributed by atoms with van der Waals surface area (Å²) >= 11 is 1.53. The number of phenols is 1. The minimum atomic E-state index is -3.44. The molecule has 28 heavy (non-hydrogen) atoms. The lowest BCUT2D eigenvalue weighted by atomic mass is 9.97. The minimum absolute atomic E-state index is 0.0703. The molecule has 7 nitrogen and oxygen atoms in total. The predicted octanol–water partition coefficient (Wildman–Crippen LogP) is 4.89. The third-order valence-corrected chi connectivity index (χ3v) is 7.73. The first-order valence-corrected chi connectivity index (χ1v) is 11.5. The van der Waals surface area contributed by atoms with Gasteiger partial charge < -0.3 is 24.2 Å². The summed E-state index contributed by atoms with van der Waals surface area (Å²) in [7, 11) is -1.95. The summed E-state index contributed by atoms with van der Waals surface area (Å²) in [6, 6.07) is 3.49. The first-order valence-electron chi connectivity index (χ1n) is 9.06. The van der Waals surface area contributed by atoms with Crippen LogP contribution in [0.4, 0.5) is 5.00 Å². The second kappa shape index (κ2) is 8.03. The van der Waals surface area contributed by atoms with Gasteiger partial charge in [-0.05, 0) is 31.0 Å². The van der Waals surface area contributed by atoms with Gasteiger partial charge in [0, 0.05) is 12.0 Å². The van der Waals surface area contributed by atoms with Crippen molar-refractivity contribution in [3.63, 3.8) is 0 Å². The molecule has 1 atom stereocenters. The number of aromatic nitrogens is 1. The van der Waals surface area contributed by atoms with Crippen molar-refractivity contribution in [1.82, 2.24) is 4.98 Å². The van der Waals surface area contributed by atoms with Gasteiger partial charge in [-0.2, -0.15) is 0 Å². The van der Waals surface area contributed by atoms with Crippen LogP contribution in [0.1, 0.15) is 35.6 Å². The Labute approximate surface area is 169 Å². The second-order valence-corrected chi connectivity index (χ2v) is 11.2. The molecule has 9 heteroatoms. The van der Waals surface area contributed by atoms with Crippen LogP contribution in [-0.2, 0) is 13.6 Å². The van der Waals surface area contributed by atoms with Gasteiger partial charge in [0.25, 0.3) is 0 Å². The molecule has 1 unspecified atom stereocenters. The van der Waals surface area contributed by atoms with Crippen LogP contribution < -0.4 is 10.1 Å². The van der Waals surface area contributed by atoms with Crippen LogP contribution in [0, 0.1) is 19.3 Å². The summed E-state index contributed by atoms with van der Waals surface area (Å²) < 4.78 is 30.6. The monoisotopic (exact) mass is 426 g/mol. The Balaban J connectivity index is 1.94. The van der Waals surface area contributed by atoms with Gasteiger partial charge in [-0.25, -0.2) is 4.98 Å². The molecular formula is C19H27N2O5PS. The lowest BCUT2D eigenvalue weighted by Crippen LogP contribution is -2.31. The molecule has 154 valence electrons. The van der Waals surface area contributed by atoms with Gasteiger partial charge >= 0.3 is 7.60 Å². The van der Waals surface area contributed by atoms with Crippen molar-refractivity contribution in [3.05, 3.63) is 34.5 Å². The van der Waals surface area contributed by atoms with Gasteiger partial charge in [-0.3, -0.25) is 4.57 Å². The molecule has 1 aliphatic heterocycles. The quantitative estimate of drug-likeness (QED) is 0.636. The SMILES string of the molecule is COc1cc(C(CNc2cnc(C)s2)P2(=O)OCC(C)(C)CO2)cc(C)c1O. The van der Waals surface area contributed by atoms with Crippen molar-refractivity contribution in [2.45, 2.75) is 33.4 Å². The Morgan fingerprint density at radius 3 is 2.61 bits per heavy atom. The standard InChI is InChI=1S/C19H27N2O5PS/c1-12-6-14(7-15(24-5)18(12)22)16(8-21-17-9-20-13(2)28-17)27(23)25-10-19(3,4)11-26-27/h6-7,9,16,21-22H,8,10-11H2,1-5H3. The van der Waals surface area contributed by atoms with E-state index in [1.807, 2.05) is 20.8 Å². The van der Waals surface area contributed by atoms with Crippen LogP contribution in [-0.4, -0.2) is 37.0 Å². The molecule has 2 N–H and O–H groups in total. The van der Waals surface area contributed by atoms with E-state index >= 15 is 0 Å². The fourth-order valence-corrected chi connectivity index (χ4v) is 5.97. The summed E-state index contributed by atoms with van der Waals surface area (Å²) in [5.41, 5.74) is 0.614. The van der Waals surface area contributed by atoms with E-state index in [9.17, 15) is 9.67 Å². The highest BCUT2D eigenvalue weighted by molar-refractivity contribution is 7.54. The Kier molecular flexibility index (Phi) is 6.05. The molecule has 0 aliphatic carbocycles. The highest BCUT2D eigenvalue weighted by atomic mass is 32.1. The number of rotatable bonds is 6. The fraction of sp³-hybridized carbons (Fsp3) is 0.526. The number of nitrogens with zero attached hydrogens (tertiary/aromatic N) is 1. The van der Waals surface area contributed by atoms with E-state index < -0.39 is 13.3 Å². The maximum atomic E-state index is 13.6. The third kappa shape index (κ3) is 4.51. The number of nitrogens with one attached hydrogen (secondary N) is 1. The maximum Gasteiger partial charge on any atom is 0.339 e. The normalized spacial score (nSPS) is 19.2. The van der Waals surface area contributed by atoms with Crippen LogP contribution in [0.5, 0.6) is 11.5 Å². The number of hydrogen-bond acceptors (Lipinski definition) is 8. The van der Waals surface area contributed by atoms with Crippen molar-refractivity contribution in [1.29, 1.82) is 0 Å². The largest absolute Gasteiger partial charge is 0.504 e. The lowest BCUT2D eigenvalue weighted by molar-refractivity contribution is 0.0382. The second-order valence-electron chi connectivity index (χ2n) is 7.78. The zero-order valence-corrected chi connectivity index (χ0v) is 18.5. The number of aromatic hydroxyl groups is 1. The molecule has 0 bridgehead atoms. The number of phenolic OH excluding ortho intramolecular Hbond substituents is 1. The van der Waals surface area contributed by atoms with E-state index in [4.69, 9.17) is 13.8 Å². The summed E-state index contributed by atoms with van der Waals surface area (Å²) in [5.74, 6) is 0.401. The average Bonchev–Trinajstić information content (AvgIpc) is 3.06. The molecule has 3 rings (SSSR count). The number of methoxy groups -OCH3 is 1. The summed E-state index contributed by atoms with van der Waals surface area (Å²) in [6.07, 6.45) is 1.75. The van der Waals surface area contributed by atoms with E-state index in [0.29, 0.717) is 31.1 Å². The Morgan fingerprint density at radius 2 is 2.04 bits per heavy atom. The van der Waals surface area contributed by atoms with Gasteiger partial charge in [0.2, 0.25) is 0 Å². The van der Waals surface area contributed by atoms with Gasteiger partial charge in [-0.15, -0.1) is 11.3 Å². The fourth-order valence-electron chi connectivity index (χ4n) is 2.96. The van der Waals surface area contributed by atoms with E-state index in [0.717, 1.165) is 15.6 Å². The molecule has 1 aromatic heterocycles. The first kappa shape index (κ1) is 21.1. The zero-order chi connectivity index (χ0) is 20.5. The molecule has 1 saturated heterocycles. The van der Waals surface area contributed by atoms with Crippen molar-refractivity contribution >= 4 is 23.9 Å². The van der Waals surface area contributed by atoms with Crippen LogP contribution in [0.3, 0.4) is 0 Å². The van der Waals surface area contributed by atoms with E-state index in [1.54, 1.807) is 25.3 Å². The zero-order valence-electron chi connectivity index (χ0n) is 16.8. The maximum absolute atomic E-state index is 13.6. The number of benzene rings is 1. The molecule has 0 spiro atoms. The molecule has 0 radical (unpaired) electrons. The molecule has 1 aliphatic rings. The van der Waals surface area contributed by atoms with Crippen molar-refractivity contribution < 1.29 is 23.5 Å². The van der Waals surface area contributed by atoms with E-state index in [2.05, 4.69) is 10.3 Å². The van der Waals surface area contributed by atoms with Gasteiger partial charge in [0.15, 0.2) is 11.5 Å². The van der Waals surface area contributed by atoms with E-state index in [1.165, 1.54) is 18.4 Å². The predicted molar refractivity (Wildman–Crippen MR) is 111 cm³/mol. The lowest BCUT2D eigenvalue weighted by Gasteiger charge is -2.37. The number of anilines is 1. The first-order chi connectivity index (χ1) is 13.1.